The third-order valence-electron chi connectivity index (χ3n) is 5.56. The van der Waals surface area contributed by atoms with E-state index in [1.165, 1.54) is 6.21 Å². The van der Waals surface area contributed by atoms with Crippen molar-refractivity contribution in [3.8, 4) is 16.9 Å². The van der Waals surface area contributed by atoms with Crippen molar-refractivity contribution in [2.75, 3.05) is 33.1 Å². The Morgan fingerprint density at radius 2 is 1.48 bits per heavy atom. The highest BCUT2D eigenvalue weighted by atomic mass is 16.5. The van der Waals surface area contributed by atoms with Gasteiger partial charge in [0.25, 0.3) is 5.91 Å². The Balaban J connectivity index is 0.000000611. The molecule has 10 nitrogen and oxygen atoms in total. The fraction of sp³-hybridized carbons (Fsp3) is 0.200. The zero-order valence-electron chi connectivity index (χ0n) is 22.6. The molecule has 40 heavy (non-hydrogen) atoms. The van der Waals surface area contributed by atoms with Crippen molar-refractivity contribution in [2.24, 2.45) is 5.16 Å². The Labute approximate surface area is 232 Å². The molecule has 0 fully saturated rings. The molecular weight excluding hydrogens is 514 g/mol. The molecule has 4 N–H and O–H groups in total. The number of nitrogens with zero attached hydrogens (tertiary/aromatic N) is 2. The van der Waals surface area contributed by atoms with E-state index in [9.17, 15) is 14.4 Å². The van der Waals surface area contributed by atoms with Gasteiger partial charge in [-0.05, 0) is 86.1 Å². The molecule has 0 bridgehead atoms. The smallest absolute Gasteiger partial charge is 0.328 e. The van der Waals surface area contributed by atoms with Crippen LogP contribution in [0, 0.1) is 0 Å². The molecule has 0 saturated heterocycles. The van der Waals surface area contributed by atoms with Crippen LogP contribution in [0.3, 0.4) is 0 Å². The van der Waals surface area contributed by atoms with E-state index in [1.54, 1.807) is 13.2 Å². The summed E-state index contributed by atoms with van der Waals surface area (Å²) < 4.78 is 5.47. The monoisotopic (exact) mass is 547 g/mol. The van der Waals surface area contributed by atoms with Gasteiger partial charge >= 0.3 is 11.9 Å². The van der Waals surface area contributed by atoms with E-state index in [0.717, 1.165) is 53.1 Å². The number of nitrogens with one attached hydrogen (secondary N) is 1. The van der Waals surface area contributed by atoms with Crippen molar-refractivity contribution in [2.45, 2.75) is 12.8 Å². The quantitative estimate of drug-likeness (QED) is 0.118. The first-order chi connectivity index (χ1) is 19.1. The summed E-state index contributed by atoms with van der Waals surface area (Å²) in [6, 6.07) is 20.9. The number of rotatable bonds is 11. The summed E-state index contributed by atoms with van der Waals surface area (Å²) in [6.07, 6.45) is 4.34. The summed E-state index contributed by atoms with van der Waals surface area (Å²) in [6.45, 7) is 0.976. The molecule has 10 heteroatoms. The number of carbonyl (C=O) groups is 3. The summed E-state index contributed by atoms with van der Waals surface area (Å²) in [5, 5.41) is 30.2. The van der Waals surface area contributed by atoms with Crippen molar-refractivity contribution in [3.63, 3.8) is 0 Å². The first kappa shape index (κ1) is 31.3. The molecule has 3 rings (SSSR count). The molecule has 0 aliphatic rings. The predicted molar refractivity (Wildman–Crippen MR) is 153 cm³/mol. The average molecular weight is 548 g/mol. The fourth-order valence-electron chi connectivity index (χ4n) is 3.62. The van der Waals surface area contributed by atoms with Gasteiger partial charge in [0, 0.05) is 23.4 Å². The van der Waals surface area contributed by atoms with E-state index >= 15 is 0 Å². The number of amides is 1. The number of carbonyl (C=O) groups excluding carboxylic acids is 1. The van der Waals surface area contributed by atoms with Crippen LogP contribution >= 0.6 is 0 Å². The van der Waals surface area contributed by atoms with Crippen molar-refractivity contribution in [1.29, 1.82) is 0 Å². The first-order valence-corrected chi connectivity index (χ1v) is 12.3. The number of benzene rings is 3. The average Bonchev–Trinajstić information content (AvgIpc) is 2.93. The van der Waals surface area contributed by atoms with Crippen LogP contribution < -0.4 is 10.1 Å². The second-order valence-electron chi connectivity index (χ2n) is 8.84. The number of aliphatic carboxylic acids is 2. The third-order valence-corrected chi connectivity index (χ3v) is 5.56. The van der Waals surface area contributed by atoms with Gasteiger partial charge in [0.2, 0.25) is 0 Å². The van der Waals surface area contributed by atoms with Gasteiger partial charge in [0.05, 0.1) is 13.3 Å². The Hall–Kier alpha value is -4.96. The third kappa shape index (κ3) is 10.8. The molecule has 210 valence electrons. The molecular formula is C30H33N3O7. The van der Waals surface area contributed by atoms with Crippen LogP contribution in [-0.2, 0) is 16.0 Å². The number of oxime groups is 1. The predicted octanol–water partition coefficient (Wildman–Crippen LogP) is 4.63. The van der Waals surface area contributed by atoms with Gasteiger partial charge in [-0.25, -0.2) is 9.59 Å². The molecule has 1 amide bonds. The Morgan fingerprint density at radius 3 is 1.98 bits per heavy atom. The lowest BCUT2D eigenvalue weighted by Gasteiger charge is -2.13. The number of ether oxygens (including phenoxy) is 1. The maximum atomic E-state index is 12.8. The topological polar surface area (TPSA) is 149 Å². The first-order valence-electron chi connectivity index (χ1n) is 12.3. The second kappa shape index (κ2) is 16.1. The van der Waals surface area contributed by atoms with Crippen molar-refractivity contribution < 1.29 is 34.5 Å². The van der Waals surface area contributed by atoms with Crippen LogP contribution in [0.4, 0.5) is 5.69 Å². The minimum Gasteiger partial charge on any atom is -0.496 e. The van der Waals surface area contributed by atoms with E-state index in [-0.39, 0.29) is 5.91 Å². The lowest BCUT2D eigenvalue weighted by Crippen LogP contribution is -2.14. The fourth-order valence-corrected chi connectivity index (χ4v) is 3.62. The van der Waals surface area contributed by atoms with Crippen LogP contribution in [-0.4, -0.2) is 72.1 Å². The number of hydrogen-bond acceptors (Lipinski definition) is 7. The highest BCUT2D eigenvalue weighted by Crippen LogP contribution is 2.24. The molecule has 3 aromatic rings. The van der Waals surface area contributed by atoms with Gasteiger partial charge in [-0.15, -0.1) is 0 Å². The molecule has 0 unspecified atom stereocenters. The van der Waals surface area contributed by atoms with Gasteiger partial charge in [-0.2, -0.15) is 0 Å². The number of aryl methyl sites for hydroxylation is 1. The van der Waals surface area contributed by atoms with Crippen LogP contribution in [0.2, 0.25) is 0 Å². The van der Waals surface area contributed by atoms with Gasteiger partial charge in [-0.3, -0.25) is 4.79 Å². The van der Waals surface area contributed by atoms with Gasteiger partial charge in [-0.1, -0.05) is 41.6 Å². The lowest BCUT2D eigenvalue weighted by atomic mass is 10.0. The molecule has 0 aliphatic carbocycles. The normalized spacial score (nSPS) is 10.8. The molecule has 3 aromatic carbocycles. The SMILES string of the molecule is COc1ccc(C(=O)Nc2ccc(-c3ccc(/C=N\O)cc3)cc2)cc1CCCN(C)C.O=C(O)/C=C\C(=O)O. The van der Waals surface area contributed by atoms with Crippen LogP contribution in [0.1, 0.15) is 27.9 Å². The lowest BCUT2D eigenvalue weighted by molar-refractivity contribution is -0.134. The number of methoxy groups -OCH3 is 1. The molecule has 0 radical (unpaired) electrons. The van der Waals surface area contributed by atoms with Crippen LogP contribution in [0.15, 0.2) is 84.0 Å². The van der Waals surface area contributed by atoms with E-state index in [2.05, 4.69) is 15.4 Å². The van der Waals surface area contributed by atoms with Gasteiger partial charge in [0.15, 0.2) is 0 Å². The van der Waals surface area contributed by atoms with Crippen LogP contribution in [0.5, 0.6) is 5.75 Å². The number of hydrogen-bond donors (Lipinski definition) is 4. The highest BCUT2D eigenvalue weighted by molar-refractivity contribution is 6.04. The van der Waals surface area contributed by atoms with Crippen molar-refractivity contribution in [3.05, 3.63) is 95.6 Å². The summed E-state index contributed by atoms with van der Waals surface area (Å²) in [7, 11) is 5.75. The van der Waals surface area contributed by atoms with E-state index in [0.29, 0.717) is 17.7 Å². The number of carboxylic acids is 2. The summed E-state index contributed by atoms with van der Waals surface area (Å²) >= 11 is 0. The molecule has 0 heterocycles. The molecule has 0 saturated carbocycles. The molecule has 0 aliphatic heterocycles. The standard InChI is InChI=1S/C26H29N3O3.C4H4O4/c1-29(2)16-4-5-22-17-23(12-15-25(22)32-3)26(30)28-24-13-10-21(11-14-24)20-8-6-19(7-9-20)18-27-31;5-3(6)1-2-4(7)8/h6-15,17-18,31H,4-5,16H2,1-3H3,(H,28,30);1-2H,(H,5,6)(H,7,8)/b27-18-;2-1-. The minimum atomic E-state index is -1.26. The van der Waals surface area contributed by atoms with E-state index < -0.39 is 11.9 Å². The summed E-state index contributed by atoms with van der Waals surface area (Å²) in [5.41, 5.74) is 5.26. The largest absolute Gasteiger partial charge is 0.496 e. The molecule has 0 atom stereocenters. The molecule has 0 aromatic heterocycles. The number of carboxylic acid groups (broad SMARTS) is 2. The zero-order chi connectivity index (χ0) is 29.5. The maximum absolute atomic E-state index is 12.8. The van der Waals surface area contributed by atoms with Crippen molar-refractivity contribution >= 4 is 29.7 Å². The van der Waals surface area contributed by atoms with E-state index in [1.807, 2.05) is 74.8 Å². The Bertz CT molecular complexity index is 1320. The maximum Gasteiger partial charge on any atom is 0.328 e. The van der Waals surface area contributed by atoms with Gasteiger partial charge in [0.1, 0.15) is 5.75 Å². The summed E-state index contributed by atoms with van der Waals surface area (Å²) in [5.74, 6) is -1.86. The second-order valence-corrected chi connectivity index (χ2v) is 8.84. The summed E-state index contributed by atoms with van der Waals surface area (Å²) in [4.78, 5) is 34.1. The highest BCUT2D eigenvalue weighted by Gasteiger charge is 2.11. The minimum absolute atomic E-state index is 0.151. The number of anilines is 1. The molecule has 0 spiro atoms. The Kier molecular flexibility index (Phi) is 12.6. The van der Waals surface area contributed by atoms with Crippen molar-refractivity contribution in [1.82, 2.24) is 4.90 Å². The van der Waals surface area contributed by atoms with Gasteiger partial charge < -0.3 is 30.4 Å². The van der Waals surface area contributed by atoms with Crippen LogP contribution in [0.25, 0.3) is 11.1 Å². The Morgan fingerprint density at radius 1 is 0.900 bits per heavy atom. The zero-order valence-corrected chi connectivity index (χ0v) is 22.6. The van der Waals surface area contributed by atoms with E-state index in [4.69, 9.17) is 20.2 Å².